The normalized spacial score (nSPS) is 17.8. The van der Waals surface area contributed by atoms with Crippen molar-refractivity contribution in [2.45, 2.75) is 38.8 Å². The van der Waals surface area contributed by atoms with E-state index in [2.05, 4.69) is 28.0 Å². The van der Waals surface area contributed by atoms with Crippen molar-refractivity contribution in [3.63, 3.8) is 0 Å². The minimum atomic E-state index is 0.300. The van der Waals surface area contributed by atoms with Crippen molar-refractivity contribution in [3.05, 3.63) is 11.9 Å². The number of ether oxygens (including phenoxy) is 1. The van der Waals surface area contributed by atoms with Gasteiger partial charge in [0.05, 0.1) is 12.3 Å². The molecule has 1 N–H and O–H groups in total. The summed E-state index contributed by atoms with van der Waals surface area (Å²) in [7, 11) is 1.72. The molecule has 2 rings (SSSR count). The summed E-state index contributed by atoms with van der Waals surface area (Å²) < 4.78 is 7.35. The van der Waals surface area contributed by atoms with Gasteiger partial charge in [-0.2, -0.15) is 0 Å². The molecule has 1 aliphatic carbocycles. The molecule has 84 valence electrons. The fourth-order valence-electron chi connectivity index (χ4n) is 1.77. The molecule has 1 atom stereocenters. The van der Waals surface area contributed by atoms with E-state index in [1.807, 2.05) is 6.92 Å². The van der Waals surface area contributed by atoms with Crippen LogP contribution in [0.4, 0.5) is 5.95 Å². The molecule has 0 saturated heterocycles. The number of hydrogen-bond donors (Lipinski definition) is 1. The molecule has 4 nitrogen and oxygen atoms in total. The molecule has 0 aromatic carbocycles. The van der Waals surface area contributed by atoms with E-state index >= 15 is 0 Å². The van der Waals surface area contributed by atoms with Crippen LogP contribution in [0, 0.1) is 6.92 Å². The van der Waals surface area contributed by atoms with Crippen molar-refractivity contribution >= 4 is 5.95 Å². The monoisotopic (exact) mass is 209 g/mol. The van der Waals surface area contributed by atoms with Gasteiger partial charge in [-0.25, -0.2) is 4.98 Å². The zero-order valence-electron chi connectivity index (χ0n) is 9.66. The quantitative estimate of drug-likeness (QED) is 0.806. The lowest BCUT2D eigenvalue weighted by Gasteiger charge is -2.14. The lowest BCUT2D eigenvalue weighted by Crippen LogP contribution is -2.23. The second-order valence-corrected chi connectivity index (χ2v) is 4.35. The van der Waals surface area contributed by atoms with Gasteiger partial charge in [-0.05, 0) is 26.7 Å². The highest BCUT2D eigenvalue weighted by molar-refractivity contribution is 5.31. The van der Waals surface area contributed by atoms with E-state index in [4.69, 9.17) is 4.74 Å². The topological polar surface area (TPSA) is 39.1 Å². The van der Waals surface area contributed by atoms with Gasteiger partial charge in [-0.1, -0.05) is 0 Å². The molecule has 4 heteroatoms. The van der Waals surface area contributed by atoms with Crippen LogP contribution in [0.15, 0.2) is 6.20 Å². The molecule has 0 amide bonds. The average Bonchev–Trinajstić information content (AvgIpc) is 2.92. The first kappa shape index (κ1) is 10.5. The minimum Gasteiger partial charge on any atom is -0.383 e. The van der Waals surface area contributed by atoms with E-state index in [0.29, 0.717) is 18.7 Å². The molecule has 1 aromatic rings. The number of nitrogens with zero attached hydrogens (tertiary/aromatic N) is 2. The Hall–Kier alpha value is -1.03. The predicted octanol–water partition coefficient (Wildman–Crippen LogP) is 1.97. The number of nitrogens with one attached hydrogen (secondary N) is 1. The van der Waals surface area contributed by atoms with Crippen LogP contribution in [-0.4, -0.2) is 29.3 Å². The molecule has 0 aliphatic heterocycles. The maximum Gasteiger partial charge on any atom is 0.203 e. The maximum absolute atomic E-state index is 5.10. The van der Waals surface area contributed by atoms with Crippen molar-refractivity contribution in [2.75, 3.05) is 19.0 Å². The van der Waals surface area contributed by atoms with Crippen LogP contribution in [0.1, 0.15) is 31.5 Å². The molecule has 1 heterocycles. The Morgan fingerprint density at radius 3 is 3.00 bits per heavy atom. The van der Waals surface area contributed by atoms with Crippen LogP contribution in [0.5, 0.6) is 0 Å². The molecule has 1 aliphatic rings. The van der Waals surface area contributed by atoms with Crippen LogP contribution in [-0.2, 0) is 4.74 Å². The van der Waals surface area contributed by atoms with Gasteiger partial charge in [-0.3, -0.25) is 0 Å². The third-order valence-corrected chi connectivity index (χ3v) is 2.59. The average molecular weight is 209 g/mol. The van der Waals surface area contributed by atoms with E-state index in [-0.39, 0.29) is 0 Å². The van der Waals surface area contributed by atoms with Gasteiger partial charge in [0.15, 0.2) is 0 Å². The second-order valence-electron chi connectivity index (χ2n) is 4.35. The highest BCUT2D eigenvalue weighted by atomic mass is 16.5. The second kappa shape index (κ2) is 4.23. The van der Waals surface area contributed by atoms with Crippen molar-refractivity contribution in [1.82, 2.24) is 9.55 Å². The lowest BCUT2D eigenvalue weighted by molar-refractivity contribution is 0.190. The summed E-state index contributed by atoms with van der Waals surface area (Å²) in [6, 6.07) is 0.970. The Morgan fingerprint density at radius 1 is 1.67 bits per heavy atom. The summed E-state index contributed by atoms with van der Waals surface area (Å²) in [6.07, 6.45) is 4.69. The molecule has 1 aromatic heterocycles. The molecular weight excluding hydrogens is 190 g/mol. The van der Waals surface area contributed by atoms with Crippen LogP contribution >= 0.6 is 0 Å². The first-order chi connectivity index (χ1) is 7.20. The molecule has 15 heavy (non-hydrogen) atoms. The maximum atomic E-state index is 5.10. The van der Waals surface area contributed by atoms with E-state index in [9.17, 15) is 0 Å². The number of aryl methyl sites for hydroxylation is 1. The number of methoxy groups -OCH3 is 1. The first-order valence-corrected chi connectivity index (χ1v) is 5.51. The third-order valence-electron chi connectivity index (χ3n) is 2.59. The van der Waals surface area contributed by atoms with Crippen LogP contribution < -0.4 is 5.32 Å². The van der Waals surface area contributed by atoms with E-state index in [1.54, 1.807) is 7.11 Å². The standard InChI is InChI=1S/C11H19N3O/c1-8-6-14(10-4-5-10)11(12-8)13-9(2)7-15-3/h6,9-10H,4-5,7H2,1-3H3,(H,12,13). The summed E-state index contributed by atoms with van der Waals surface area (Å²) in [5.74, 6) is 0.986. The molecule has 0 spiro atoms. The van der Waals surface area contributed by atoms with Crippen molar-refractivity contribution in [1.29, 1.82) is 0 Å². The zero-order valence-corrected chi connectivity index (χ0v) is 9.66. The third kappa shape index (κ3) is 2.50. The Kier molecular flexibility index (Phi) is 2.95. The Balaban J connectivity index is 2.05. The number of imidazole rings is 1. The van der Waals surface area contributed by atoms with Crippen LogP contribution in [0.2, 0.25) is 0 Å². The van der Waals surface area contributed by atoms with Gasteiger partial charge in [0, 0.05) is 25.4 Å². The first-order valence-electron chi connectivity index (χ1n) is 5.51. The van der Waals surface area contributed by atoms with Crippen molar-refractivity contribution in [3.8, 4) is 0 Å². The predicted molar refractivity (Wildman–Crippen MR) is 60.2 cm³/mol. The van der Waals surface area contributed by atoms with Gasteiger partial charge >= 0.3 is 0 Å². The Labute approximate surface area is 90.6 Å². The summed E-state index contributed by atoms with van der Waals surface area (Å²) in [4.78, 5) is 4.49. The minimum absolute atomic E-state index is 0.300. The number of aromatic nitrogens is 2. The molecular formula is C11H19N3O. The zero-order chi connectivity index (χ0) is 10.8. The van der Waals surface area contributed by atoms with Gasteiger partial charge in [0.1, 0.15) is 0 Å². The smallest absolute Gasteiger partial charge is 0.203 e. The van der Waals surface area contributed by atoms with Gasteiger partial charge in [-0.15, -0.1) is 0 Å². The lowest BCUT2D eigenvalue weighted by atomic mass is 10.4. The number of hydrogen-bond acceptors (Lipinski definition) is 3. The Morgan fingerprint density at radius 2 is 2.40 bits per heavy atom. The number of rotatable bonds is 5. The number of anilines is 1. The van der Waals surface area contributed by atoms with E-state index in [0.717, 1.165) is 11.6 Å². The molecule has 1 saturated carbocycles. The fraction of sp³-hybridized carbons (Fsp3) is 0.727. The largest absolute Gasteiger partial charge is 0.383 e. The van der Waals surface area contributed by atoms with Crippen LogP contribution in [0.3, 0.4) is 0 Å². The van der Waals surface area contributed by atoms with E-state index < -0.39 is 0 Å². The van der Waals surface area contributed by atoms with Crippen molar-refractivity contribution < 1.29 is 4.74 Å². The van der Waals surface area contributed by atoms with Gasteiger partial charge in [0.25, 0.3) is 0 Å². The van der Waals surface area contributed by atoms with Gasteiger partial charge < -0.3 is 14.6 Å². The van der Waals surface area contributed by atoms with E-state index in [1.165, 1.54) is 12.8 Å². The van der Waals surface area contributed by atoms with Crippen molar-refractivity contribution in [2.24, 2.45) is 0 Å². The summed E-state index contributed by atoms with van der Waals surface area (Å²) in [6.45, 7) is 4.84. The summed E-state index contributed by atoms with van der Waals surface area (Å²) in [5.41, 5.74) is 1.08. The van der Waals surface area contributed by atoms with Gasteiger partial charge in [0.2, 0.25) is 5.95 Å². The highest BCUT2D eigenvalue weighted by Gasteiger charge is 2.26. The SMILES string of the molecule is COCC(C)Nc1nc(C)cn1C1CC1. The summed E-state index contributed by atoms with van der Waals surface area (Å²) >= 11 is 0. The highest BCUT2D eigenvalue weighted by Crippen LogP contribution is 2.37. The summed E-state index contributed by atoms with van der Waals surface area (Å²) in [5, 5.41) is 3.38. The molecule has 1 fully saturated rings. The molecule has 0 bridgehead atoms. The fourth-order valence-corrected chi connectivity index (χ4v) is 1.77. The molecule has 1 unspecified atom stereocenters. The molecule has 0 radical (unpaired) electrons. The van der Waals surface area contributed by atoms with Crippen LogP contribution in [0.25, 0.3) is 0 Å². The Bertz CT molecular complexity index is 331.